The van der Waals surface area contributed by atoms with Crippen LogP contribution in [0, 0.1) is 0 Å². The van der Waals surface area contributed by atoms with Gasteiger partial charge >= 0.3 is 0 Å². The number of nitrogens with zero attached hydrogens (tertiary/aromatic N) is 3. The molecule has 1 aromatic heterocycles. The van der Waals surface area contributed by atoms with E-state index < -0.39 is 0 Å². The number of carbonyl (C=O) groups is 2. The second kappa shape index (κ2) is 13.0. The van der Waals surface area contributed by atoms with E-state index in [1.54, 1.807) is 17.0 Å². The first-order valence-corrected chi connectivity index (χ1v) is 10.3. The van der Waals surface area contributed by atoms with Gasteiger partial charge in [-0.05, 0) is 31.0 Å². The number of carbonyl (C=O) groups excluding carboxylic acids is 2. The van der Waals surface area contributed by atoms with Crippen LogP contribution in [0.1, 0.15) is 23.0 Å². The van der Waals surface area contributed by atoms with Gasteiger partial charge in [-0.25, -0.2) is 4.99 Å². The molecular weight excluding hydrogens is 509 g/mol. The Kier molecular flexibility index (Phi) is 10.3. The van der Waals surface area contributed by atoms with Gasteiger partial charge in [0.1, 0.15) is 6.54 Å². The van der Waals surface area contributed by atoms with Gasteiger partial charge in [-0.1, -0.05) is 30.3 Å². The van der Waals surface area contributed by atoms with E-state index in [0.29, 0.717) is 51.0 Å². The molecule has 8 nitrogen and oxygen atoms in total. The number of hydrogen-bond acceptors (Lipinski definition) is 4. The summed E-state index contributed by atoms with van der Waals surface area (Å²) in [5.41, 5.74) is 1.19. The number of nitrogens with one attached hydrogen (secondary N) is 2. The van der Waals surface area contributed by atoms with E-state index >= 15 is 0 Å². The molecule has 2 amide bonds. The highest BCUT2D eigenvalue weighted by Gasteiger charge is 2.25. The first-order chi connectivity index (χ1) is 14.7. The summed E-state index contributed by atoms with van der Waals surface area (Å²) in [7, 11) is 0. The lowest BCUT2D eigenvalue weighted by molar-refractivity contribution is -0.119. The molecule has 0 saturated carbocycles. The molecule has 168 valence electrons. The minimum absolute atomic E-state index is 0. The number of furan rings is 1. The van der Waals surface area contributed by atoms with Crippen LogP contribution in [0.5, 0.6) is 0 Å². The number of benzene rings is 1. The number of aliphatic imine (C=N–C) groups is 1. The van der Waals surface area contributed by atoms with Crippen molar-refractivity contribution < 1.29 is 14.0 Å². The summed E-state index contributed by atoms with van der Waals surface area (Å²) in [4.78, 5) is 32.9. The first kappa shape index (κ1) is 24.7. The van der Waals surface area contributed by atoms with Crippen LogP contribution in [0.2, 0.25) is 0 Å². The topological polar surface area (TPSA) is 90.2 Å². The van der Waals surface area contributed by atoms with E-state index in [2.05, 4.69) is 20.5 Å². The standard InChI is InChI=1S/C22H29N5O3.HI/c1-2-23-22(25-17-20(28)24-11-10-18-7-4-3-5-8-18)27-14-12-26(13-15-27)21(29)19-9-6-16-30-19;/h3-9,16H,2,10-15,17H2,1H3,(H,23,25)(H,24,28);1H. The molecule has 1 aliphatic heterocycles. The van der Waals surface area contributed by atoms with Gasteiger partial charge < -0.3 is 24.9 Å². The zero-order valence-electron chi connectivity index (χ0n) is 17.8. The SMILES string of the molecule is CCNC(=NCC(=O)NCCc1ccccc1)N1CCN(C(=O)c2ccco2)CC1.I. The highest BCUT2D eigenvalue weighted by atomic mass is 127. The highest BCUT2D eigenvalue weighted by Crippen LogP contribution is 2.09. The Bertz CT molecular complexity index is 834. The molecule has 0 bridgehead atoms. The van der Waals surface area contributed by atoms with Crippen LogP contribution < -0.4 is 10.6 Å². The fourth-order valence-electron chi connectivity index (χ4n) is 3.30. The van der Waals surface area contributed by atoms with Gasteiger partial charge in [0.05, 0.1) is 6.26 Å². The smallest absolute Gasteiger partial charge is 0.289 e. The van der Waals surface area contributed by atoms with Gasteiger partial charge in [-0.3, -0.25) is 9.59 Å². The van der Waals surface area contributed by atoms with Crippen molar-refractivity contribution in [3.05, 3.63) is 60.1 Å². The van der Waals surface area contributed by atoms with Crippen LogP contribution in [0.15, 0.2) is 58.1 Å². The highest BCUT2D eigenvalue weighted by molar-refractivity contribution is 14.0. The molecule has 1 saturated heterocycles. The summed E-state index contributed by atoms with van der Waals surface area (Å²) in [5, 5.41) is 6.15. The molecule has 0 unspecified atom stereocenters. The summed E-state index contributed by atoms with van der Waals surface area (Å²) in [6.45, 7) is 5.81. The molecule has 0 radical (unpaired) electrons. The molecule has 2 N–H and O–H groups in total. The second-order valence-corrected chi connectivity index (χ2v) is 7.01. The Labute approximate surface area is 200 Å². The predicted octanol–water partition coefficient (Wildman–Crippen LogP) is 1.98. The van der Waals surface area contributed by atoms with Crippen LogP contribution >= 0.6 is 24.0 Å². The van der Waals surface area contributed by atoms with Crippen molar-refractivity contribution in [2.24, 2.45) is 4.99 Å². The molecule has 3 rings (SSSR count). The maximum absolute atomic E-state index is 12.4. The van der Waals surface area contributed by atoms with Gasteiger partial charge in [0.25, 0.3) is 5.91 Å². The van der Waals surface area contributed by atoms with Gasteiger partial charge in [0.2, 0.25) is 5.91 Å². The normalized spacial score (nSPS) is 14.0. The molecule has 0 spiro atoms. The molecule has 31 heavy (non-hydrogen) atoms. The van der Waals surface area contributed by atoms with Crippen LogP contribution in [0.25, 0.3) is 0 Å². The van der Waals surface area contributed by atoms with E-state index in [1.807, 2.05) is 37.3 Å². The molecule has 1 fully saturated rings. The van der Waals surface area contributed by atoms with Gasteiger partial charge in [-0.15, -0.1) is 24.0 Å². The van der Waals surface area contributed by atoms with E-state index in [1.165, 1.54) is 11.8 Å². The molecule has 9 heteroatoms. The van der Waals surface area contributed by atoms with E-state index in [-0.39, 0.29) is 42.3 Å². The first-order valence-electron chi connectivity index (χ1n) is 10.3. The maximum atomic E-state index is 12.4. The maximum Gasteiger partial charge on any atom is 0.289 e. The van der Waals surface area contributed by atoms with Crippen molar-refractivity contribution in [3.8, 4) is 0 Å². The van der Waals surface area contributed by atoms with E-state index in [9.17, 15) is 9.59 Å². The van der Waals surface area contributed by atoms with Crippen LogP contribution in [-0.2, 0) is 11.2 Å². The van der Waals surface area contributed by atoms with Crippen molar-refractivity contribution in [1.82, 2.24) is 20.4 Å². The number of piperazine rings is 1. The number of rotatable bonds is 7. The summed E-state index contributed by atoms with van der Waals surface area (Å²) < 4.78 is 5.20. The van der Waals surface area contributed by atoms with Crippen molar-refractivity contribution in [2.45, 2.75) is 13.3 Å². The monoisotopic (exact) mass is 539 g/mol. The lowest BCUT2D eigenvalue weighted by atomic mass is 10.1. The quantitative estimate of drug-likeness (QED) is 0.319. The molecule has 1 aromatic carbocycles. The zero-order valence-corrected chi connectivity index (χ0v) is 20.1. The Morgan fingerprint density at radius 2 is 1.71 bits per heavy atom. The van der Waals surface area contributed by atoms with Gasteiger partial charge in [0, 0.05) is 39.3 Å². The number of amides is 2. The fraction of sp³-hybridized carbons (Fsp3) is 0.409. The predicted molar refractivity (Wildman–Crippen MR) is 131 cm³/mol. The fourth-order valence-corrected chi connectivity index (χ4v) is 3.30. The van der Waals surface area contributed by atoms with Crippen molar-refractivity contribution in [1.29, 1.82) is 0 Å². The average Bonchev–Trinajstić information content (AvgIpc) is 3.32. The molecule has 1 aliphatic rings. The second-order valence-electron chi connectivity index (χ2n) is 7.01. The average molecular weight is 539 g/mol. The van der Waals surface area contributed by atoms with Gasteiger partial charge in [-0.2, -0.15) is 0 Å². The van der Waals surface area contributed by atoms with Crippen molar-refractivity contribution >= 4 is 41.8 Å². The molecule has 2 heterocycles. The minimum atomic E-state index is -0.104. The molecular formula is C22H30IN5O3. The number of halogens is 1. The molecule has 0 aliphatic carbocycles. The van der Waals surface area contributed by atoms with Crippen LogP contribution in [0.4, 0.5) is 0 Å². The third kappa shape index (κ3) is 7.57. The minimum Gasteiger partial charge on any atom is -0.459 e. The summed E-state index contributed by atoms with van der Waals surface area (Å²) in [6, 6.07) is 13.4. The zero-order chi connectivity index (χ0) is 21.2. The Morgan fingerprint density at radius 1 is 1.00 bits per heavy atom. The van der Waals surface area contributed by atoms with E-state index in [0.717, 1.165) is 6.42 Å². The molecule has 2 aromatic rings. The third-order valence-corrected chi connectivity index (χ3v) is 4.88. The van der Waals surface area contributed by atoms with Crippen molar-refractivity contribution in [2.75, 3.05) is 45.8 Å². The van der Waals surface area contributed by atoms with Crippen molar-refractivity contribution in [3.63, 3.8) is 0 Å². The Morgan fingerprint density at radius 3 is 2.35 bits per heavy atom. The lowest BCUT2D eigenvalue weighted by Crippen LogP contribution is -2.54. The summed E-state index contributed by atoms with van der Waals surface area (Å²) in [5.74, 6) is 0.851. The Balaban J connectivity index is 0.00000341. The van der Waals surface area contributed by atoms with Crippen LogP contribution in [-0.4, -0.2) is 73.4 Å². The molecule has 0 atom stereocenters. The lowest BCUT2D eigenvalue weighted by Gasteiger charge is -2.36. The third-order valence-electron chi connectivity index (χ3n) is 4.88. The van der Waals surface area contributed by atoms with Crippen LogP contribution in [0.3, 0.4) is 0 Å². The summed E-state index contributed by atoms with van der Waals surface area (Å²) >= 11 is 0. The van der Waals surface area contributed by atoms with E-state index in [4.69, 9.17) is 4.42 Å². The largest absolute Gasteiger partial charge is 0.459 e. The summed E-state index contributed by atoms with van der Waals surface area (Å²) in [6.07, 6.45) is 2.30. The number of hydrogen-bond donors (Lipinski definition) is 2. The Hall–Kier alpha value is -2.56. The number of guanidine groups is 1. The van der Waals surface area contributed by atoms with Gasteiger partial charge in [0.15, 0.2) is 11.7 Å².